The molecule has 2 N–H and O–H groups in total. The molecule has 0 spiro atoms. The lowest BCUT2D eigenvalue weighted by Gasteiger charge is -2.26. The molecular formula is C28H27N3O4. The molecule has 2 heterocycles. The predicted octanol–water partition coefficient (Wildman–Crippen LogP) is 5.59. The molecule has 1 amide bonds. The average molecular weight is 470 g/mol. The van der Waals surface area contributed by atoms with Gasteiger partial charge in [0.2, 0.25) is 5.91 Å². The zero-order valence-corrected chi connectivity index (χ0v) is 19.3. The highest BCUT2D eigenvalue weighted by Gasteiger charge is 2.36. The van der Waals surface area contributed by atoms with Crippen LogP contribution in [0.3, 0.4) is 0 Å². The number of benzene rings is 3. The number of likely N-dealkylation sites (tertiary alicyclic amines) is 1. The van der Waals surface area contributed by atoms with Crippen LogP contribution in [-0.2, 0) is 11.3 Å². The molecule has 1 atom stereocenters. The highest BCUT2D eigenvalue weighted by atomic mass is 16.7. The van der Waals surface area contributed by atoms with Gasteiger partial charge in [-0.2, -0.15) is 0 Å². The fourth-order valence-corrected chi connectivity index (χ4v) is 4.77. The third-order valence-electron chi connectivity index (χ3n) is 6.44. The van der Waals surface area contributed by atoms with Crippen molar-refractivity contribution in [3.63, 3.8) is 0 Å². The van der Waals surface area contributed by atoms with Crippen molar-refractivity contribution in [2.75, 3.05) is 18.4 Å². The summed E-state index contributed by atoms with van der Waals surface area (Å²) in [6.07, 6.45) is 2.43. The van der Waals surface area contributed by atoms with Crippen LogP contribution in [0.1, 0.15) is 41.9 Å². The van der Waals surface area contributed by atoms with E-state index in [0.717, 1.165) is 30.9 Å². The van der Waals surface area contributed by atoms with Gasteiger partial charge in [0.25, 0.3) is 0 Å². The number of nitrogens with zero attached hydrogens (tertiary/aromatic N) is 2. The van der Waals surface area contributed by atoms with Gasteiger partial charge in [-0.15, -0.1) is 0 Å². The highest BCUT2D eigenvalue weighted by molar-refractivity contribution is 6.24. The molecule has 1 saturated heterocycles. The number of carboxylic acid groups (broad SMARTS) is 1. The van der Waals surface area contributed by atoms with Crippen LogP contribution in [0.25, 0.3) is 0 Å². The van der Waals surface area contributed by atoms with Crippen LogP contribution in [0.5, 0.6) is 5.75 Å². The van der Waals surface area contributed by atoms with Crippen LogP contribution in [0.2, 0.25) is 0 Å². The third-order valence-corrected chi connectivity index (χ3v) is 6.44. The minimum Gasteiger partial charge on any atom is -0.449 e. The molecule has 0 radical (unpaired) electrons. The van der Waals surface area contributed by atoms with Crippen LogP contribution in [0.15, 0.2) is 77.8 Å². The standard InChI is InChI=1S/C28H27N3O4/c32-27-25(23-17-22(35-28(33)34)13-14-24(23)30-27)26(20-7-3-1-4-8-20)29-21-11-9-19(10-12-21)18-31-15-5-2-6-16-31/h1,3-4,7-14,17,25H,2,5-6,15-16,18H2,(H,30,32)(H,33,34). The van der Waals surface area contributed by atoms with Crippen molar-refractivity contribution >= 4 is 29.1 Å². The Balaban J connectivity index is 1.49. The Morgan fingerprint density at radius 2 is 1.74 bits per heavy atom. The first-order chi connectivity index (χ1) is 17.1. The van der Waals surface area contributed by atoms with Crippen LogP contribution >= 0.6 is 0 Å². The minimum absolute atomic E-state index is 0.159. The molecule has 35 heavy (non-hydrogen) atoms. The van der Waals surface area contributed by atoms with E-state index in [4.69, 9.17) is 14.8 Å². The molecule has 3 aromatic rings. The summed E-state index contributed by atoms with van der Waals surface area (Å²) < 4.78 is 4.84. The fourth-order valence-electron chi connectivity index (χ4n) is 4.77. The SMILES string of the molecule is O=C(O)Oc1ccc2c(c1)C(C(=Nc1ccc(CN3CCCCC3)cc1)c1ccccc1)C(=O)N2. The Hall–Kier alpha value is -3.97. The first-order valence-corrected chi connectivity index (χ1v) is 11.9. The second-order valence-corrected chi connectivity index (χ2v) is 8.91. The Kier molecular flexibility index (Phi) is 6.59. The number of fused-ring (bicyclic) bond motifs is 1. The van der Waals surface area contributed by atoms with Crippen molar-refractivity contribution in [3.05, 3.63) is 89.5 Å². The molecule has 1 unspecified atom stereocenters. The van der Waals surface area contributed by atoms with E-state index in [1.807, 2.05) is 42.5 Å². The number of nitrogens with one attached hydrogen (secondary N) is 1. The summed E-state index contributed by atoms with van der Waals surface area (Å²) in [4.78, 5) is 31.5. The summed E-state index contributed by atoms with van der Waals surface area (Å²) in [6.45, 7) is 3.21. The number of piperidine rings is 1. The van der Waals surface area contributed by atoms with Crippen molar-refractivity contribution in [1.82, 2.24) is 4.90 Å². The number of ether oxygens (including phenoxy) is 1. The number of anilines is 1. The maximum absolute atomic E-state index is 13.1. The van der Waals surface area contributed by atoms with Crippen LogP contribution in [-0.4, -0.2) is 40.9 Å². The van der Waals surface area contributed by atoms with Crippen LogP contribution < -0.4 is 10.1 Å². The highest BCUT2D eigenvalue weighted by Crippen LogP contribution is 2.38. The molecule has 0 bridgehead atoms. The number of amides is 1. The average Bonchev–Trinajstić information content (AvgIpc) is 3.19. The summed E-state index contributed by atoms with van der Waals surface area (Å²) >= 11 is 0. The zero-order valence-electron chi connectivity index (χ0n) is 19.3. The van der Waals surface area contributed by atoms with Crippen molar-refractivity contribution < 1.29 is 19.4 Å². The maximum atomic E-state index is 13.1. The Labute approximate surface area is 204 Å². The van der Waals surface area contributed by atoms with Crippen molar-refractivity contribution in [1.29, 1.82) is 0 Å². The van der Waals surface area contributed by atoms with E-state index >= 15 is 0 Å². The molecule has 178 valence electrons. The molecule has 5 rings (SSSR count). The van der Waals surface area contributed by atoms with E-state index < -0.39 is 12.1 Å². The van der Waals surface area contributed by atoms with E-state index in [0.29, 0.717) is 17.0 Å². The van der Waals surface area contributed by atoms with Gasteiger partial charge < -0.3 is 15.2 Å². The lowest BCUT2D eigenvalue weighted by Crippen LogP contribution is -2.28. The Bertz CT molecular complexity index is 1250. The predicted molar refractivity (Wildman–Crippen MR) is 135 cm³/mol. The molecular weight excluding hydrogens is 442 g/mol. The number of hydrogen-bond donors (Lipinski definition) is 2. The molecule has 1 fully saturated rings. The van der Waals surface area contributed by atoms with Crippen LogP contribution in [0, 0.1) is 0 Å². The maximum Gasteiger partial charge on any atom is 0.511 e. The molecule has 0 aliphatic carbocycles. The van der Waals surface area contributed by atoms with Gasteiger partial charge in [0, 0.05) is 12.2 Å². The van der Waals surface area contributed by atoms with Gasteiger partial charge in [0.1, 0.15) is 11.7 Å². The Morgan fingerprint density at radius 1 is 1.00 bits per heavy atom. The summed E-state index contributed by atoms with van der Waals surface area (Å²) in [5.74, 6) is -0.748. The second kappa shape index (κ2) is 10.1. The normalized spacial score (nSPS) is 18.1. The minimum atomic E-state index is -1.40. The first-order valence-electron chi connectivity index (χ1n) is 11.9. The van der Waals surface area contributed by atoms with Gasteiger partial charge in [-0.3, -0.25) is 14.7 Å². The van der Waals surface area contributed by atoms with E-state index in [2.05, 4.69) is 22.3 Å². The van der Waals surface area contributed by atoms with Gasteiger partial charge in [-0.25, -0.2) is 4.79 Å². The van der Waals surface area contributed by atoms with Crippen molar-refractivity contribution in [3.8, 4) is 5.75 Å². The Morgan fingerprint density at radius 3 is 2.46 bits per heavy atom. The fraction of sp³-hybridized carbons (Fsp3) is 0.250. The van der Waals surface area contributed by atoms with Crippen LogP contribution in [0.4, 0.5) is 16.2 Å². The molecule has 7 heteroatoms. The van der Waals surface area contributed by atoms with Gasteiger partial charge in [0.05, 0.1) is 11.4 Å². The largest absolute Gasteiger partial charge is 0.511 e. The summed E-state index contributed by atoms with van der Waals surface area (Å²) in [5, 5.41) is 11.9. The first kappa shape index (κ1) is 22.8. The molecule has 7 nitrogen and oxygen atoms in total. The van der Waals surface area contributed by atoms with E-state index in [1.54, 1.807) is 12.1 Å². The van der Waals surface area contributed by atoms with Gasteiger partial charge in [0.15, 0.2) is 0 Å². The molecule has 0 saturated carbocycles. The topological polar surface area (TPSA) is 91.2 Å². The molecule has 2 aliphatic rings. The number of carbonyl (C=O) groups is 2. The number of carbonyl (C=O) groups excluding carboxylic acids is 1. The van der Waals surface area contributed by atoms with E-state index in [9.17, 15) is 9.59 Å². The number of hydrogen-bond acceptors (Lipinski definition) is 5. The smallest absolute Gasteiger partial charge is 0.449 e. The lowest BCUT2D eigenvalue weighted by atomic mass is 9.90. The van der Waals surface area contributed by atoms with Gasteiger partial charge in [-0.05, 0) is 73.0 Å². The third kappa shape index (κ3) is 5.25. The quantitative estimate of drug-likeness (QED) is 0.279. The molecule has 2 aliphatic heterocycles. The second-order valence-electron chi connectivity index (χ2n) is 8.91. The summed E-state index contributed by atoms with van der Waals surface area (Å²) in [5.41, 5.74) is 4.67. The van der Waals surface area contributed by atoms with Gasteiger partial charge in [-0.1, -0.05) is 48.9 Å². The van der Waals surface area contributed by atoms with Gasteiger partial charge >= 0.3 is 6.16 Å². The zero-order chi connectivity index (χ0) is 24.2. The summed E-state index contributed by atoms with van der Waals surface area (Å²) in [6, 6.07) is 22.5. The molecule has 0 aromatic heterocycles. The lowest BCUT2D eigenvalue weighted by molar-refractivity contribution is -0.115. The van der Waals surface area contributed by atoms with E-state index in [-0.39, 0.29) is 11.7 Å². The van der Waals surface area contributed by atoms with Crippen molar-refractivity contribution in [2.24, 2.45) is 4.99 Å². The monoisotopic (exact) mass is 469 g/mol. The van der Waals surface area contributed by atoms with Crippen molar-refractivity contribution in [2.45, 2.75) is 31.7 Å². The molecule has 3 aromatic carbocycles. The number of rotatable bonds is 6. The summed E-state index contributed by atoms with van der Waals surface area (Å²) in [7, 11) is 0. The van der Waals surface area contributed by atoms with E-state index in [1.165, 1.54) is 30.9 Å². The number of aliphatic imine (C=N–C) groups is 1.